The molecule has 1 unspecified atom stereocenters. The van der Waals surface area contributed by atoms with E-state index < -0.39 is 0 Å². The van der Waals surface area contributed by atoms with Crippen LogP contribution in [0.3, 0.4) is 0 Å². The Hall–Kier alpha value is -1.09. The lowest BCUT2D eigenvalue weighted by Crippen LogP contribution is -2.19. The van der Waals surface area contributed by atoms with Crippen LogP contribution in [0, 0.1) is 5.41 Å². The van der Waals surface area contributed by atoms with Gasteiger partial charge in [-0.05, 0) is 44.1 Å². The topological polar surface area (TPSA) is 38.8 Å². The Labute approximate surface area is 123 Å². The minimum absolute atomic E-state index is 0.0425. The molecule has 0 aromatic rings. The lowest BCUT2D eigenvalue weighted by atomic mass is 9.72. The van der Waals surface area contributed by atoms with Gasteiger partial charge in [0, 0.05) is 6.92 Å². The third-order valence-corrected chi connectivity index (χ3v) is 4.03. The number of allylic oxidation sites excluding steroid dienone is 3. The quantitative estimate of drug-likeness (QED) is 0.566. The van der Waals surface area contributed by atoms with Gasteiger partial charge in [0.05, 0.1) is 13.7 Å². The molecule has 0 spiro atoms. The van der Waals surface area contributed by atoms with Crippen LogP contribution in [0.1, 0.15) is 53.9 Å². The Morgan fingerprint density at radius 3 is 2.30 bits per heavy atom. The van der Waals surface area contributed by atoms with Crippen LogP contribution in [0.25, 0.3) is 0 Å². The number of carbonyl (C=O) groups is 1. The van der Waals surface area contributed by atoms with Gasteiger partial charge in [0.25, 0.3) is 0 Å². The molecule has 20 heavy (non-hydrogen) atoms. The SMILES string of the molecule is CC1=C(/C=C/C2(C)CO2)C(C)(C)CCC1.COC(C)=O. The zero-order chi connectivity index (χ0) is 15.4. The van der Waals surface area contributed by atoms with E-state index >= 15 is 0 Å². The van der Waals surface area contributed by atoms with E-state index in [1.54, 1.807) is 5.57 Å². The van der Waals surface area contributed by atoms with Crippen molar-refractivity contribution in [2.24, 2.45) is 5.41 Å². The Balaban J connectivity index is 0.000000347. The molecule has 114 valence electrons. The van der Waals surface area contributed by atoms with E-state index in [0.29, 0.717) is 5.41 Å². The molecular formula is C17H28O3. The molecule has 1 aliphatic heterocycles. The predicted molar refractivity (Wildman–Crippen MR) is 81.5 cm³/mol. The molecule has 0 aromatic heterocycles. The van der Waals surface area contributed by atoms with Crippen LogP contribution in [0.4, 0.5) is 0 Å². The molecule has 2 rings (SSSR count). The first kappa shape index (κ1) is 17.0. The molecule has 1 aliphatic carbocycles. The second-order valence-electron chi connectivity index (χ2n) is 6.56. The van der Waals surface area contributed by atoms with Crippen molar-refractivity contribution in [3.63, 3.8) is 0 Å². The second kappa shape index (κ2) is 6.57. The molecule has 0 radical (unpaired) electrons. The summed E-state index contributed by atoms with van der Waals surface area (Å²) in [6.45, 7) is 11.4. The summed E-state index contributed by atoms with van der Waals surface area (Å²) in [5.41, 5.74) is 3.49. The molecule has 0 N–H and O–H groups in total. The van der Waals surface area contributed by atoms with Gasteiger partial charge in [0.2, 0.25) is 0 Å². The molecule has 0 bridgehead atoms. The number of esters is 1. The van der Waals surface area contributed by atoms with Gasteiger partial charge in [-0.1, -0.05) is 31.6 Å². The maximum atomic E-state index is 9.59. The summed E-state index contributed by atoms with van der Waals surface area (Å²) in [4.78, 5) is 9.59. The average Bonchev–Trinajstić information content (AvgIpc) is 3.07. The van der Waals surface area contributed by atoms with Gasteiger partial charge in [-0.15, -0.1) is 0 Å². The van der Waals surface area contributed by atoms with Crippen molar-refractivity contribution >= 4 is 5.97 Å². The van der Waals surface area contributed by atoms with Gasteiger partial charge in [-0.25, -0.2) is 0 Å². The molecule has 3 nitrogen and oxygen atoms in total. The monoisotopic (exact) mass is 280 g/mol. The minimum Gasteiger partial charge on any atom is -0.469 e. The molecule has 1 atom stereocenters. The maximum Gasteiger partial charge on any atom is 0.302 e. The minimum atomic E-state index is -0.245. The van der Waals surface area contributed by atoms with Crippen molar-refractivity contribution in [1.82, 2.24) is 0 Å². The number of rotatable bonds is 2. The van der Waals surface area contributed by atoms with Crippen molar-refractivity contribution in [3.05, 3.63) is 23.3 Å². The first-order valence-electron chi connectivity index (χ1n) is 7.28. The van der Waals surface area contributed by atoms with Crippen LogP contribution >= 0.6 is 0 Å². The highest BCUT2D eigenvalue weighted by Gasteiger charge is 2.36. The third kappa shape index (κ3) is 5.12. The summed E-state index contributed by atoms with van der Waals surface area (Å²) in [5, 5.41) is 0. The smallest absolute Gasteiger partial charge is 0.302 e. The average molecular weight is 280 g/mol. The highest BCUT2D eigenvalue weighted by atomic mass is 16.6. The number of methoxy groups -OCH3 is 1. The van der Waals surface area contributed by atoms with Crippen LogP contribution in [-0.2, 0) is 14.3 Å². The molecule has 2 aliphatic rings. The summed E-state index contributed by atoms with van der Waals surface area (Å²) in [7, 11) is 1.35. The number of epoxide rings is 1. The zero-order valence-electron chi connectivity index (χ0n) is 13.7. The normalized spacial score (nSPS) is 27.9. The van der Waals surface area contributed by atoms with E-state index in [4.69, 9.17) is 4.74 Å². The summed E-state index contributed by atoms with van der Waals surface area (Å²) in [6, 6.07) is 0. The van der Waals surface area contributed by atoms with E-state index in [0.717, 1.165) is 6.61 Å². The first-order chi connectivity index (χ1) is 9.20. The van der Waals surface area contributed by atoms with Crippen molar-refractivity contribution in [2.75, 3.05) is 13.7 Å². The molecule has 1 saturated heterocycles. The van der Waals surface area contributed by atoms with Gasteiger partial charge in [-0.3, -0.25) is 4.79 Å². The van der Waals surface area contributed by atoms with Crippen LogP contribution in [-0.4, -0.2) is 25.3 Å². The number of hydrogen-bond donors (Lipinski definition) is 0. The van der Waals surface area contributed by atoms with Crippen LogP contribution in [0.2, 0.25) is 0 Å². The highest BCUT2D eigenvalue weighted by molar-refractivity contribution is 5.65. The fourth-order valence-corrected chi connectivity index (χ4v) is 2.48. The van der Waals surface area contributed by atoms with Crippen LogP contribution < -0.4 is 0 Å². The molecular weight excluding hydrogens is 252 g/mol. The van der Waals surface area contributed by atoms with Gasteiger partial charge < -0.3 is 9.47 Å². The van der Waals surface area contributed by atoms with E-state index in [-0.39, 0.29) is 11.6 Å². The van der Waals surface area contributed by atoms with Gasteiger partial charge in [0.1, 0.15) is 5.60 Å². The Morgan fingerprint density at radius 1 is 1.35 bits per heavy atom. The van der Waals surface area contributed by atoms with Crippen molar-refractivity contribution in [3.8, 4) is 0 Å². The molecule has 0 amide bonds. The van der Waals surface area contributed by atoms with E-state index in [9.17, 15) is 4.79 Å². The Bertz CT molecular complexity index is 412. The zero-order valence-corrected chi connectivity index (χ0v) is 13.7. The lowest BCUT2D eigenvalue weighted by molar-refractivity contribution is -0.137. The Morgan fingerprint density at radius 2 is 1.90 bits per heavy atom. The lowest BCUT2D eigenvalue weighted by Gasteiger charge is -2.33. The first-order valence-corrected chi connectivity index (χ1v) is 7.28. The third-order valence-electron chi connectivity index (χ3n) is 4.03. The molecule has 0 saturated carbocycles. The van der Waals surface area contributed by atoms with Gasteiger partial charge in [-0.2, -0.15) is 0 Å². The molecule has 3 heteroatoms. The molecule has 1 fully saturated rings. The number of hydrogen-bond acceptors (Lipinski definition) is 3. The van der Waals surface area contributed by atoms with Crippen molar-refractivity contribution < 1.29 is 14.3 Å². The maximum absolute atomic E-state index is 9.59. The number of carbonyl (C=O) groups excluding carboxylic acids is 1. The summed E-state index contributed by atoms with van der Waals surface area (Å²) in [6.07, 6.45) is 8.45. The second-order valence-corrected chi connectivity index (χ2v) is 6.56. The van der Waals surface area contributed by atoms with Gasteiger partial charge >= 0.3 is 5.97 Å². The summed E-state index contributed by atoms with van der Waals surface area (Å²) < 4.78 is 9.49. The largest absolute Gasteiger partial charge is 0.469 e. The highest BCUT2D eigenvalue weighted by Crippen LogP contribution is 2.41. The number of ether oxygens (including phenoxy) is 2. The molecule has 0 aromatic carbocycles. The Kier molecular flexibility index (Phi) is 5.58. The van der Waals surface area contributed by atoms with E-state index in [2.05, 4.69) is 44.6 Å². The fourth-order valence-electron chi connectivity index (χ4n) is 2.48. The predicted octanol–water partition coefficient (Wildman–Crippen LogP) is 4.04. The fraction of sp³-hybridized carbons (Fsp3) is 0.706. The summed E-state index contributed by atoms with van der Waals surface area (Å²) >= 11 is 0. The van der Waals surface area contributed by atoms with Crippen molar-refractivity contribution in [2.45, 2.75) is 59.5 Å². The van der Waals surface area contributed by atoms with Crippen molar-refractivity contribution in [1.29, 1.82) is 0 Å². The standard InChI is InChI=1S/C14H22O.C3H6O2/c1-11-6-5-8-13(2,3)12(11)7-9-14(4)10-15-14;1-3(4)5-2/h7,9H,5-6,8,10H2,1-4H3;1-2H3/b9-7+;. The summed E-state index contributed by atoms with van der Waals surface area (Å²) in [5.74, 6) is -0.245. The van der Waals surface area contributed by atoms with Crippen LogP contribution in [0.5, 0.6) is 0 Å². The van der Waals surface area contributed by atoms with E-state index in [1.807, 2.05) is 0 Å². The molecule has 1 heterocycles. The van der Waals surface area contributed by atoms with E-state index in [1.165, 1.54) is 38.9 Å². The van der Waals surface area contributed by atoms with Crippen LogP contribution in [0.15, 0.2) is 23.3 Å². The van der Waals surface area contributed by atoms with Gasteiger partial charge in [0.15, 0.2) is 0 Å².